The van der Waals surface area contributed by atoms with Gasteiger partial charge in [-0.15, -0.1) is 0 Å². The molecule has 0 N–H and O–H groups in total. The van der Waals surface area contributed by atoms with Crippen LogP contribution >= 0.6 is 15.9 Å². The molecule has 1 fully saturated rings. The largest absolute Gasteiger partial charge is 0.274 e. The Labute approximate surface area is 120 Å². The van der Waals surface area contributed by atoms with Crippen LogP contribution in [-0.4, -0.2) is 11.8 Å². The number of anilines is 1. The van der Waals surface area contributed by atoms with Gasteiger partial charge in [0.15, 0.2) is 0 Å². The van der Waals surface area contributed by atoms with Crippen molar-refractivity contribution in [2.45, 2.75) is 19.8 Å². The molecule has 4 heteroatoms. The highest BCUT2D eigenvalue weighted by Gasteiger charge is 2.47. The maximum absolute atomic E-state index is 12.4. The summed E-state index contributed by atoms with van der Waals surface area (Å²) in [5.41, 5.74) is 1.70. The second-order valence-electron chi connectivity index (χ2n) is 5.10. The zero-order chi connectivity index (χ0) is 13.6. The van der Waals surface area contributed by atoms with Crippen molar-refractivity contribution in [2.24, 2.45) is 11.8 Å². The maximum Gasteiger partial charge on any atom is 0.238 e. The Morgan fingerprint density at radius 2 is 1.68 bits per heavy atom. The van der Waals surface area contributed by atoms with Crippen molar-refractivity contribution >= 4 is 33.4 Å². The molecule has 0 aromatic heterocycles. The lowest BCUT2D eigenvalue weighted by Gasteiger charge is -2.15. The molecule has 3 rings (SSSR count). The topological polar surface area (TPSA) is 37.4 Å². The average Bonchev–Trinajstić information content (AvgIpc) is 2.66. The first-order chi connectivity index (χ1) is 9.09. The molecule has 98 valence electrons. The second kappa shape index (κ2) is 4.60. The molecule has 0 radical (unpaired) electrons. The van der Waals surface area contributed by atoms with Crippen LogP contribution in [0.25, 0.3) is 0 Å². The predicted molar refractivity (Wildman–Crippen MR) is 76.7 cm³/mol. The van der Waals surface area contributed by atoms with E-state index in [4.69, 9.17) is 0 Å². The molecule has 2 amide bonds. The number of rotatable bonds is 1. The summed E-state index contributed by atoms with van der Waals surface area (Å²) in [6, 6.07) is 5.58. The summed E-state index contributed by atoms with van der Waals surface area (Å²) in [4.78, 5) is 26.2. The number of carbonyl (C=O) groups is 2. The van der Waals surface area contributed by atoms with Gasteiger partial charge in [0.1, 0.15) is 0 Å². The van der Waals surface area contributed by atoms with Crippen molar-refractivity contribution in [2.75, 3.05) is 4.90 Å². The molecule has 1 aliphatic carbocycles. The van der Waals surface area contributed by atoms with Gasteiger partial charge >= 0.3 is 0 Å². The third-order valence-corrected chi connectivity index (χ3v) is 4.80. The molecule has 1 aliphatic heterocycles. The van der Waals surface area contributed by atoms with E-state index in [0.29, 0.717) is 18.5 Å². The van der Waals surface area contributed by atoms with E-state index in [2.05, 4.69) is 15.9 Å². The van der Waals surface area contributed by atoms with Gasteiger partial charge in [0.2, 0.25) is 11.8 Å². The fraction of sp³-hybridized carbons (Fsp3) is 0.333. The monoisotopic (exact) mass is 319 g/mol. The Morgan fingerprint density at radius 3 is 2.21 bits per heavy atom. The summed E-state index contributed by atoms with van der Waals surface area (Å²) in [5, 5.41) is 0. The summed E-state index contributed by atoms with van der Waals surface area (Å²) in [7, 11) is 0. The van der Waals surface area contributed by atoms with Crippen LogP contribution in [-0.2, 0) is 9.59 Å². The van der Waals surface area contributed by atoms with Crippen LogP contribution in [0, 0.1) is 18.8 Å². The van der Waals surface area contributed by atoms with Gasteiger partial charge in [0.25, 0.3) is 0 Å². The molecule has 3 nitrogen and oxygen atoms in total. The van der Waals surface area contributed by atoms with Crippen LogP contribution in [0.3, 0.4) is 0 Å². The van der Waals surface area contributed by atoms with Crippen molar-refractivity contribution in [3.63, 3.8) is 0 Å². The van der Waals surface area contributed by atoms with Gasteiger partial charge in [0.05, 0.1) is 17.5 Å². The number of amides is 2. The van der Waals surface area contributed by atoms with Crippen molar-refractivity contribution in [3.8, 4) is 0 Å². The van der Waals surface area contributed by atoms with E-state index in [1.807, 2.05) is 37.3 Å². The SMILES string of the molecule is Cc1cc(N2C(=O)[C@H]3CC=CC[C@H]3C2=O)ccc1Br. The fourth-order valence-corrected chi connectivity index (χ4v) is 3.07. The molecule has 0 saturated carbocycles. The molecule has 0 spiro atoms. The number of halogens is 1. The first-order valence-corrected chi connectivity index (χ1v) is 7.18. The molecule has 1 saturated heterocycles. The number of allylic oxidation sites excluding steroid dienone is 2. The third kappa shape index (κ3) is 1.94. The molecule has 0 bridgehead atoms. The van der Waals surface area contributed by atoms with Gasteiger partial charge in [0, 0.05) is 4.47 Å². The smallest absolute Gasteiger partial charge is 0.238 e. The van der Waals surface area contributed by atoms with Gasteiger partial charge in [-0.1, -0.05) is 28.1 Å². The number of imide groups is 1. The summed E-state index contributed by atoms with van der Waals surface area (Å²) in [5.74, 6) is -0.440. The standard InChI is InChI=1S/C15H14BrNO2/c1-9-8-10(6-7-13(9)16)17-14(18)11-4-2-3-5-12(11)15(17)19/h2-3,6-8,11-12H,4-5H2,1H3/t11-,12+. The number of fused-ring (bicyclic) bond motifs is 1. The van der Waals surface area contributed by atoms with E-state index in [-0.39, 0.29) is 23.7 Å². The average molecular weight is 320 g/mol. The van der Waals surface area contributed by atoms with Crippen molar-refractivity contribution in [3.05, 3.63) is 40.4 Å². The second-order valence-corrected chi connectivity index (χ2v) is 5.96. The Hall–Kier alpha value is -1.42. The number of aryl methyl sites for hydroxylation is 1. The minimum Gasteiger partial charge on any atom is -0.274 e. The molecule has 2 aliphatic rings. The normalized spacial score (nSPS) is 25.9. The van der Waals surface area contributed by atoms with E-state index in [1.165, 1.54) is 4.90 Å². The molecule has 1 heterocycles. The first kappa shape index (κ1) is 12.6. The molecule has 0 unspecified atom stereocenters. The molecular weight excluding hydrogens is 306 g/mol. The molecular formula is C15H14BrNO2. The highest BCUT2D eigenvalue weighted by Crippen LogP contribution is 2.38. The molecule has 1 aromatic carbocycles. The van der Waals surface area contributed by atoms with Gasteiger partial charge in [-0.3, -0.25) is 14.5 Å². The van der Waals surface area contributed by atoms with E-state index >= 15 is 0 Å². The highest BCUT2D eigenvalue weighted by molar-refractivity contribution is 9.10. The number of hydrogen-bond donors (Lipinski definition) is 0. The third-order valence-electron chi connectivity index (χ3n) is 3.91. The highest BCUT2D eigenvalue weighted by atomic mass is 79.9. The zero-order valence-electron chi connectivity index (χ0n) is 10.6. The lowest BCUT2D eigenvalue weighted by molar-refractivity contribution is -0.122. The summed E-state index contributed by atoms with van der Waals surface area (Å²) >= 11 is 3.43. The van der Waals surface area contributed by atoms with Gasteiger partial charge in [-0.2, -0.15) is 0 Å². The Balaban J connectivity index is 1.99. The van der Waals surface area contributed by atoms with Crippen molar-refractivity contribution in [1.82, 2.24) is 0 Å². The number of nitrogens with zero attached hydrogens (tertiary/aromatic N) is 1. The van der Waals surface area contributed by atoms with Crippen molar-refractivity contribution in [1.29, 1.82) is 0 Å². The Morgan fingerprint density at radius 1 is 1.11 bits per heavy atom. The molecule has 2 atom stereocenters. The van der Waals surface area contributed by atoms with Crippen LogP contribution in [0.2, 0.25) is 0 Å². The minimum absolute atomic E-state index is 0.0546. The van der Waals surface area contributed by atoms with E-state index in [9.17, 15) is 9.59 Å². The molecule has 1 aromatic rings. The lowest BCUT2D eigenvalue weighted by atomic mass is 9.85. The lowest BCUT2D eigenvalue weighted by Crippen LogP contribution is -2.30. The summed E-state index contributed by atoms with van der Waals surface area (Å²) < 4.78 is 0.981. The van der Waals surface area contributed by atoms with E-state index < -0.39 is 0 Å². The van der Waals surface area contributed by atoms with E-state index in [1.54, 1.807) is 0 Å². The Bertz CT molecular complexity index is 568. The number of carbonyl (C=O) groups excluding carboxylic acids is 2. The maximum atomic E-state index is 12.4. The summed E-state index contributed by atoms with van der Waals surface area (Å²) in [6.07, 6.45) is 5.37. The Kier molecular flexibility index (Phi) is 3.05. The zero-order valence-corrected chi connectivity index (χ0v) is 12.2. The quantitative estimate of drug-likeness (QED) is 0.588. The molecule has 19 heavy (non-hydrogen) atoms. The van der Waals surface area contributed by atoms with Gasteiger partial charge < -0.3 is 0 Å². The fourth-order valence-electron chi connectivity index (χ4n) is 2.82. The van der Waals surface area contributed by atoms with Crippen LogP contribution in [0.1, 0.15) is 18.4 Å². The van der Waals surface area contributed by atoms with Gasteiger partial charge in [-0.05, 0) is 43.5 Å². The predicted octanol–water partition coefficient (Wildman–Crippen LogP) is 3.21. The first-order valence-electron chi connectivity index (χ1n) is 6.38. The van der Waals surface area contributed by atoms with E-state index in [0.717, 1.165) is 10.0 Å². The van der Waals surface area contributed by atoms with Crippen LogP contribution < -0.4 is 4.90 Å². The van der Waals surface area contributed by atoms with Crippen LogP contribution in [0.5, 0.6) is 0 Å². The number of hydrogen-bond acceptors (Lipinski definition) is 2. The van der Waals surface area contributed by atoms with Crippen molar-refractivity contribution < 1.29 is 9.59 Å². The minimum atomic E-state index is -0.165. The van der Waals surface area contributed by atoms with Gasteiger partial charge in [-0.25, -0.2) is 0 Å². The van der Waals surface area contributed by atoms with Crippen LogP contribution in [0.15, 0.2) is 34.8 Å². The number of benzene rings is 1. The summed E-state index contributed by atoms with van der Waals surface area (Å²) in [6.45, 7) is 1.95. The van der Waals surface area contributed by atoms with Crippen LogP contribution in [0.4, 0.5) is 5.69 Å².